The van der Waals surface area contributed by atoms with E-state index in [1.54, 1.807) is 6.07 Å². The quantitative estimate of drug-likeness (QED) is 0.197. The Hall–Kier alpha value is -6.72. The van der Waals surface area contributed by atoms with Crippen LogP contribution in [0.15, 0.2) is 79.1 Å². The van der Waals surface area contributed by atoms with Gasteiger partial charge in [-0.05, 0) is 105 Å². The van der Waals surface area contributed by atoms with Crippen molar-refractivity contribution in [2.24, 2.45) is 0 Å². The first-order valence-electron chi connectivity index (χ1n) is 22.3. The lowest BCUT2D eigenvalue weighted by atomic mass is 9.88. The number of carbonyl (C=O) groups excluding carboxylic acids is 5. The molecule has 1 unspecified atom stereocenters. The number of hydrogen-bond donors (Lipinski definition) is 2. The van der Waals surface area contributed by atoms with E-state index in [1.165, 1.54) is 6.33 Å². The van der Waals surface area contributed by atoms with Crippen molar-refractivity contribution in [2.45, 2.75) is 56.5 Å². The average Bonchev–Trinajstić information content (AvgIpc) is 3.84. The van der Waals surface area contributed by atoms with Gasteiger partial charge in [0.15, 0.2) is 5.65 Å². The molecule has 3 N–H and O–H groups in total. The van der Waals surface area contributed by atoms with Gasteiger partial charge in [-0.25, -0.2) is 19.4 Å². The van der Waals surface area contributed by atoms with Crippen molar-refractivity contribution in [1.29, 1.82) is 0 Å². The smallest absolute Gasteiger partial charge is 0.320 e. The Morgan fingerprint density at radius 1 is 0.719 bits per heavy atom. The number of nitrogens with two attached hydrogens (primary N) is 1. The molecule has 5 aromatic rings. The summed E-state index contributed by atoms with van der Waals surface area (Å²) in [5.74, 6) is 0.183. The summed E-state index contributed by atoms with van der Waals surface area (Å²) in [7, 11) is 0. The fourth-order valence-corrected chi connectivity index (χ4v) is 9.94. The minimum Gasteiger partial charge on any atom is -0.457 e. The third-order valence-electron chi connectivity index (χ3n) is 13.6. The maximum atomic E-state index is 13.7. The monoisotopic (exact) mass is 865 g/mol. The largest absolute Gasteiger partial charge is 0.457 e. The van der Waals surface area contributed by atoms with Gasteiger partial charge in [-0.1, -0.05) is 24.3 Å². The molecule has 5 aliphatic rings. The van der Waals surface area contributed by atoms with Crippen LogP contribution in [0.5, 0.6) is 11.5 Å². The van der Waals surface area contributed by atoms with Crippen molar-refractivity contribution in [3.8, 4) is 22.8 Å². The van der Waals surface area contributed by atoms with Crippen LogP contribution < -0.4 is 15.8 Å². The van der Waals surface area contributed by atoms with Crippen LogP contribution in [0.1, 0.15) is 76.8 Å². The number of para-hydroxylation sites is 1. The Bertz CT molecular complexity index is 2600. The van der Waals surface area contributed by atoms with Gasteiger partial charge in [0, 0.05) is 64.3 Å². The molecule has 0 radical (unpaired) electrons. The van der Waals surface area contributed by atoms with E-state index in [0.717, 1.165) is 104 Å². The number of rotatable bonds is 9. The van der Waals surface area contributed by atoms with Crippen LogP contribution in [0.2, 0.25) is 0 Å². The minimum absolute atomic E-state index is 0.0540. The molecule has 4 saturated heterocycles. The molecule has 0 bridgehead atoms. The molecular formula is C47H51N11O6. The summed E-state index contributed by atoms with van der Waals surface area (Å²) < 4.78 is 7.97. The highest BCUT2D eigenvalue weighted by atomic mass is 16.5. The van der Waals surface area contributed by atoms with E-state index < -0.39 is 23.8 Å². The predicted molar refractivity (Wildman–Crippen MR) is 236 cm³/mol. The van der Waals surface area contributed by atoms with Crippen LogP contribution in [-0.4, -0.2) is 145 Å². The van der Waals surface area contributed by atoms with E-state index in [0.29, 0.717) is 48.8 Å². The van der Waals surface area contributed by atoms with Gasteiger partial charge < -0.3 is 25.2 Å². The highest BCUT2D eigenvalue weighted by Crippen LogP contribution is 2.37. The SMILES string of the molecule is Nc1ncnc2c1c(-c1ccc(Oc3ccccc3)cc1)nn2C1CCN(C(=O)N2CCN(CCN3CCC(c4ccc5c(c4)C(=O)N(C4CCC(=O)NC4=O)C5=O)CC3)CC2)CC1. The number of amides is 6. The summed E-state index contributed by atoms with van der Waals surface area (Å²) in [6.07, 6.45) is 5.09. The van der Waals surface area contributed by atoms with Crippen LogP contribution in [0.4, 0.5) is 10.6 Å². The number of urea groups is 1. The first kappa shape index (κ1) is 41.3. The number of carbonyl (C=O) groups is 5. The number of fused-ring (bicyclic) bond motifs is 2. The molecule has 4 fully saturated rings. The van der Waals surface area contributed by atoms with Crippen LogP contribution in [0.3, 0.4) is 0 Å². The first-order chi connectivity index (χ1) is 31.2. The van der Waals surface area contributed by atoms with Crippen LogP contribution in [0, 0.1) is 0 Å². The third kappa shape index (κ3) is 8.05. The van der Waals surface area contributed by atoms with Gasteiger partial charge in [0.2, 0.25) is 11.8 Å². The second-order valence-electron chi connectivity index (χ2n) is 17.4. The number of hydrogen-bond acceptors (Lipinski definition) is 12. The standard InChI is InChI=1S/C47H51N11O6/c48-42-40-41(31-6-9-35(10-7-31)64-34-4-2-1-3-5-34)52-58(43(40)50-29-49-42)33-16-20-55(21-17-33)47(63)56-26-24-54(25-27-56)23-22-53-18-14-30(15-19-53)32-8-11-36-37(28-32)46(62)57(45(36)61)38-12-13-39(59)51-44(38)60/h1-11,28-30,33,38H,12-27H2,(H2,48,49,50)(H,51,59,60). The first-order valence-corrected chi connectivity index (χ1v) is 22.3. The van der Waals surface area contributed by atoms with Gasteiger partial charge in [0.25, 0.3) is 11.8 Å². The molecule has 1 atom stereocenters. The van der Waals surface area contributed by atoms with Gasteiger partial charge in [-0.2, -0.15) is 5.10 Å². The molecule has 3 aromatic carbocycles. The van der Waals surface area contributed by atoms with Gasteiger partial charge in [0.05, 0.1) is 22.6 Å². The van der Waals surface area contributed by atoms with Crippen LogP contribution in [0.25, 0.3) is 22.3 Å². The minimum atomic E-state index is -0.968. The molecule has 64 heavy (non-hydrogen) atoms. The Labute approximate surface area is 370 Å². The fraction of sp³-hybridized carbons (Fsp3) is 0.404. The number of nitrogens with zero attached hydrogens (tertiary/aromatic N) is 9. The van der Waals surface area contributed by atoms with Gasteiger partial charge >= 0.3 is 6.03 Å². The Kier molecular flexibility index (Phi) is 11.3. The van der Waals surface area contributed by atoms with E-state index >= 15 is 0 Å². The molecule has 6 amide bonds. The molecular weight excluding hydrogens is 815 g/mol. The Morgan fingerprint density at radius 2 is 1.39 bits per heavy atom. The van der Waals surface area contributed by atoms with Crippen molar-refractivity contribution in [3.63, 3.8) is 0 Å². The molecule has 2 aromatic heterocycles. The number of ether oxygens (including phenoxy) is 1. The van der Waals surface area contributed by atoms with Crippen LogP contribution in [-0.2, 0) is 9.59 Å². The molecule has 5 aliphatic heterocycles. The van der Waals surface area contributed by atoms with E-state index in [9.17, 15) is 24.0 Å². The number of anilines is 1. The summed E-state index contributed by atoms with van der Waals surface area (Å²) in [5, 5.41) is 8.03. The van der Waals surface area contributed by atoms with Crippen molar-refractivity contribution in [3.05, 3.63) is 95.8 Å². The summed E-state index contributed by atoms with van der Waals surface area (Å²) >= 11 is 0. The Balaban J connectivity index is 0.680. The van der Waals surface area contributed by atoms with Crippen LogP contribution >= 0.6 is 0 Å². The number of benzene rings is 3. The predicted octanol–water partition coefficient (Wildman–Crippen LogP) is 4.52. The lowest BCUT2D eigenvalue weighted by molar-refractivity contribution is -0.136. The van der Waals surface area contributed by atoms with Crippen molar-refractivity contribution < 1.29 is 28.7 Å². The molecule has 7 heterocycles. The number of aromatic nitrogens is 4. The number of piperazine rings is 1. The lowest BCUT2D eigenvalue weighted by Crippen LogP contribution is -2.55. The summed E-state index contributed by atoms with van der Waals surface area (Å²) in [6.45, 7) is 8.05. The van der Waals surface area contributed by atoms with E-state index in [2.05, 4.69) is 25.1 Å². The maximum absolute atomic E-state index is 13.7. The number of nitrogen functional groups attached to an aromatic ring is 1. The van der Waals surface area contributed by atoms with E-state index in [1.807, 2.05) is 81.2 Å². The molecule has 0 aliphatic carbocycles. The topological polar surface area (TPSA) is 192 Å². The zero-order valence-electron chi connectivity index (χ0n) is 35.6. The molecule has 17 heteroatoms. The Morgan fingerprint density at radius 3 is 2.11 bits per heavy atom. The number of imide groups is 2. The zero-order valence-corrected chi connectivity index (χ0v) is 35.6. The average molecular weight is 866 g/mol. The third-order valence-corrected chi connectivity index (χ3v) is 13.6. The molecule has 0 spiro atoms. The van der Waals surface area contributed by atoms with E-state index in [-0.39, 0.29) is 36.7 Å². The number of likely N-dealkylation sites (tertiary alicyclic amines) is 2. The lowest BCUT2D eigenvalue weighted by Gasteiger charge is -2.40. The second-order valence-corrected chi connectivity index (χ2v) is 17.4. The highest BCUT2D eigenvalue weighted by Gasteiger charge is 2.45. The normalized spacial score (nSPS) is 20.6. The van der Waals surface area contributed by atoms with Crippen molar-refractivity contribution in [2.75, 3.05) is 71.2 Å². The van der Waals surface area contributed by atoms with Gasteiger partial charge in [-0.3, -0.25) is 34.3 Å². The number of nitrogens with one attached hydrogen (secondary N) is 1. The summed E-state index contributed by atoms with van der Waals surface area (Å²) in [4.78, 5) is 83.2. The maximum Gasteiger partial charge on any atom is 0.320 e. The second kappa shape index (κ2) is 17.4. The van der Waals surface area contributed by atoms with Crippen molar-refractivity contribution >= 4 is 46.5 Å². The summed E-state index contributed by atoms with van der Waals surface area (Å²) in [5.41, 5.74) is 10.4. The van der Waals surface area contributed by atoms with Gasteiger partial charge in [0.1, 0.15) is 35.4 Å². The molecule has 0 saturated carbocycles. The molecule has 17 nitrogen and oxygen atoms in total. The van der Waals surface area contributed by atoms with E-state index in [4.69, 9.17) is 15.6 Å². The fourth-order valence-electron chi connectivity index (χ4n) is 9.94. The molecule has 10 rings (SSSR count). The zero-order chi connectivity index (χ0) is 43.9. The van der Waals surface area contributed by atoms with Gasteiger partial charge in [-0.15, -0.1) is 0 Å². The molecule has 330 valence electrons. The summed E-state index contributed by atoms with van der Waals surface area (Å²) in [6, 6.07) is 22.1. The number of piperidine rings is 3. The highest BCUT2D eigenvalue weighted by molar-refractivity contribution is 6.23. The van der Waals surface area contributed by atoms with Crippen molar-refractivity contribution in [1.82, 2.24) is 49.6 Å².